The molecule has 0 spiro atoms. The lowest BCUT2D eigenvalue weighted by Crippen LogP contribution is -2.28. The quantitative estimate of drug-likeness (QED) is 0.696. The van der Waals surface area contributed by atoms with Crippen LogP contribution >= 0.6 is 0 Å². The highest BCUT2D eigenvalue weighted by Gasteiger charge is 2.30. The molecule has 0 unspecified atom stereocenters. The van der Waals surface area contributed by atoms with E-state index in [1.807, 2.05) is 13.0 Å². The second kappa shape index (κ2) is 8.50. The molecule has 0 radical (unpaired) electrons. The number of oxazole rings is 1. The van der Waals surface area contributed by atoms with Gasteiger partial charge in [-0.1, -0.05) is 6.92 Å². The molecule has 9 heteroatoms. The summed E-state index contributed by atoms with van der Waals surface area (Å²) in [6.07, 6.45) is 5.78. The second-order valence-electron chi connectivity index (χ2n) is 6.37. The van der Waals surface area contributed by atoms with Gasteiger partial charge in [0.25, 0.3) is 0 Å². The molecule has 3 rings (SSSR count). The van der Waals surface area contributed by atoms with E-state index in [0.29, 0.717) is 18.1 Å². The van der Waals surface area contributed by atoms with E-state index < -0.39 is 0 Å². The number of rotatable bonds is 7. The molecule has 3 N–H and O–H groups in total. The van der Waals surface area contributed by atoms with E-state index in [9.17, 15) is 9.59 Å². The number of carbonyl (C=O) groups excluding carboxylic acids is 2. The van der Waals surface area contributed by atoms with E-state index in [4.69, 9.17) is 9.15 Å². The first kappa shape index (κ1) is 18.0. The summed E-state index contributed by atoms with van der Waals surface area (Å²) in [5, 5.41) is 12.5. The lowest BCUT2D eigenvalue weighted by molar-refractivity contribution is -0.115. The minimum Gasteiger partial charge on any atom is -0.448 e. The molecule has 2 aromatic heterocycles. The van der Waals surface area contributed by atoms with Crippen molar-refractivity contribution in [1.82, 2.24) is 20.5 Å². The Morgan fingerprint density at radius 1 is 1.42 bits per heavy atom. The van der Waals surface area contributed by atoms with Gasteiger partial charge in [0, 0.05) is 24.2 Å². The predicted molar refractivity (Wildman–Crippen MR) is 92.6 cm³/mol. The SMILES string of the molecule is CCCNC(=O)O[C@H]1CC[C@@H](c2cc(NC(=O)Cc3cnco3)n[nH]2)C1. The fraction of sp³-hybridized carbons (Fsp3) is 0.529. The third-order valence-electron chi connectivity index (χ3n) is 4.30. The molecule has 9 nitrogen and oxygen atoms in total. The van der Waals surface area contributed by atoms with Gasteiger partial charge in [0.1, 0.15) is 11.9 Å². The van der Waals surface area contributed by atoms with Crippen LogP contribution in [0.2, 0.25) is 0 Å². The van der Waals surface area contributed by atoms with Crippen LogP contribution in [-0.2, 0) is 16.0 Å². The van der Waals surface area contributed by atoms with Crippen molar-refractivity contribution in [2.24, 2.45) is 0 Å². The molecule has 140 valence electrons. The van der Waals surface area contributed by atoms with Gasteiger partial charge in [-0.15, -0.1) is 0 Å². The third-order valence-corrected chi connectivity index (χ3v) is 4.30. The van der Waals surface area contributed by atoms with Crippen LogP contribution in [0.1, 0.15) is 50.0 Å². The number of hydrogen-bond acceptors (Lipinski definition) is 6. The van der Waals surface area contributed by atoms with E-state index in [0.717, 1.165) is 31.4 Å². The molecule has 1 aliphatic carbocycles. The Hall–Kier alpha value is -2.84. The van der Waals surface area contributed by atoms with E-state index in [1.165, 1.54) is 12.6 Å². The lowest BCUT2D eigenvalue weighted by Gasteiger charge is -2.12. The smallest absolute Gasteiger partial charge is 0.407 e. The second-order valence-corrected chi connectivity index (χ2v) is 6.37. The summed E-state index contributed by atoms with van der Waals surface area (Å²) < 4.78 is 10.5. The van der Waals surface area contributed by atoms with Crippen molar-refractivity contribution in [2.75, 3.05) is 11.9 Å². The Bertz CT molecular complexity index is 727. The minimum atomic E-state index is -0.359. The highest BCUT2D eigenvalue weighted by atomic mass is 16.6. The summed E-state index contributed by atoms with van der Waals surface area (Å²) >= 11 is 0. The van der Waals surface area contributed by atoms with Gasteiger partial charge in [-0.2, -0.15) is 5.10 Å². The average molecular weight is 361 g/mol. The van der Waals surface area contributed by atoms with Crippen molar-refractivity contribution in [3.05, 3.63) is 30.1 Å². The van der Waals surface area contributed by atoms with E-state index >= 15 is 0 Å². The van der Waals surface area contributed by atoms with Crippen LogP contribution in [0.15, 0.2) is 23.1 Å². The van der Waals surface area contributed by atoms with E-state index in [-0.39, 0.29) is 30.4 Å². The first-order chi connectivity index (χ1) is 12.6. The zero-order valence-corrected chi connectivity index (χ0v) is 14.7. The summed E-state index contributed by atoms with van der Waals surface area (Å²) in [6, 6.07) is 1.82. The number of aromatic amines is 1. The molecule has 1 fully saturated rings. The molecule has 2 heterocycles. The molecule has 0 bridgehead atoms. The Morgan fingerprint density at radius 3 is 3.08 bits per heavy atom. The van der Waals surface area contributed by atoms with Crippen molar-refractivity contribution < 1.29 is 18.7 Å². The predicted octanol–water partition coefficient (Wildman–Crippen LogP) is 2.35. The van der Waals surface area contributed by atoms with Crippen LogP contribution < -0.4 is 10.6 Å². The Kier molecular flexibility index (Phi) is 5.88. The van der Waals surface area contributed by atoms with Gasteiger partial charge < -0.3 is 19.8 Å². The summed E-state index contributed by atoms with van der Waals surface area (Å²) in [5.41, 5.74) is 0.931. The summed E-state index contributed by atoms with van der Waals surface area (Å²) in [6.45, 7) is 2.61. The van der Waals surface area contributed by atoms with Gasteiger partial charge >= 0.3 is 6.09 Å². The fourth-order valence-corrected chi connectivity index (χ4v) is 3.03. The number of carbonyl (C=O) groups is 2. The van der Waals surface area contributed by atoms with Gasteiger partial charge in [0.15, 0.2) is 12.2 Å². The molecule has 1 aliphatic rings. The van der Waals surface area contributed by atoms with Crippen molar-refractivity contribution in [3.63, 3.8) is 0 Å². The van der Waals surface area contributed by atoms with Crippen molar-refractivity contribution in [3.8, 4) is 0 Å². The normalized spacial score (nSPS) is 19.3. The summed E-state index contributed by atoms with van der Waals surface area (Å²) in [7, 11) is 0. The molecule has 1 saturated carbocycles. The van der Waals surface area contributed by atoms with Gasteiger partial charge in [-0.3, -0.25) is 9.89 Å². The number of nitrogens with zero attached hydrogens (tertiary/aromatic N) is 2. The maximum atomic E-state index is 12.0. The molecular formula is C17H23N5O4. The molecular weight excluding hydrogens is 338 g/mol. The minimum absolute atomic E-state index is 0.0929. The zero-order valence-electron chi connectivity index (χ0n) is 14.7. The average Bonchev–Trinajstić information content (AvgIpc) is 3.35. The maximum absolute atomic E-state index is 12.0. The summed E-state index contributed by atoms with van der Waals surface area (Å²) in [5.74, 6) is 0.969. The van der Waals surface area contributed by atoms with Crippen molar-refractivity contribution in [2.45, 2.75) is 51.0 Å². The van der Waals surface area contributed by atoms with Gasteiger partial charge in [0.2, 0.25) is 5.91 Å². The first-order valence-corrected chi connectivity index (χ1v) is 8.81. The number of H-pyrrole nitrogens is 1. The number of amides is 2. The van der Waals surface area contributed by atoms with Gasteiger partial charge in [0.05, 0.1) is 12.6 Å². The van der Waals surface area contributed by atoms with Gasteiger partial charge in [-0.05, 0) is 25.7 Å². The molecule has 0 aliphatic heterocycles. The number of anilines is 1. The Morgan fingerprint density at radius 2 is 2.31 bits per heavy atom. The van der Waals surface area contributed by atoms with Crippen LogP contribution in [0.5, 0.6) is 0 Å². The first-order valence-electron chi connectivity index (χ1n) is 8.81. The molecule has 2 aromatic rings. The monoisotopic (exact) mass is 361 g/mol. The Labute approximate surface area is 150 Å². The standard InChI is InChI=1S/C17H23N5O4/c1-2-5-19-17(24)26-12-4-3-11(6-12)14-8-15(22-21-14)20-16(23)7-13-9-18-10-25-13/h8-12H,2-7H2,1H3,(H,19,24)(H2,20,21,22,23)/t11-,12+/m1/s1. The van der Waals surface area contributed by atoms with Crippen LogP contribution in [-0.4, -0.2) is 39.8 Å². The van der Waals surface area contributed by atoms with E-state index in [1.54, 1.807) is 0 Å². The van der Waals surface area contributed by atoms with Crippen molar-refractivity contribution >= 4 is 17.8 Å². The highest BCUT2D eigenvalue weighted by Crippen LogP contribution is 2.35. The molecule has 26 heavy (non-hydrogen) atoms. The van der Waals surface area contributed by atoms with Crippen molar-refractivity contribution in [1.29, 1.82) is 0 Å². The van der Waals surface area contributed by atoms with Gasteiger partial charge in [-0.25, -0.2) is 9.78 Å². The summed E-state index contributed by atoms with van der Waals surface area (Å²) in [4.78, 5) is 27.4. The number of aromatic nitrogens is 3. The van der Waals surface area contributed by atoms with Crippen LogP contribution in [0.4, 0.5) is 10.6 Å². The zero-order chi connectivity index (χ0) is 18.4. The molecule has 0 aromatic carbocycles. The molecule has 0 saturated heterocycles. The largest absolute Gasteiger partial charge is 0.448 e. The number of alkyl carbamates (subject to hydrolysis) is 1. The highest BCUT2D eigenvalue weighted by molar-refractivity contribution is 5.91. The Balaban J connectivity index is 1.47. The fourth-order valence-electron chi connectivity index (χ4n) is 3.03. The third kappa shape index (κ3) is 4.84. The maximum Gasteiger partial charge on any atom is 0.407 e. The number of ether oxygens (including phenoxy) is 1. The lowest BCUT2D eigenvalue weighted by atomic mass is 10.0. The van der Waals surface area contributed by atoms with Crippen LogP contribution in [0, 0.1) is 0 Å². The van der Waals surface area contributed by atoms with Crippen LogP contribution in [0.25, 0.3) is 0 Å². The van der Waals surface area contributed by atoms with E-state index in [2.05, 4.69) is 25.8 Å². The number of hydrogen-bond donors (Lipinski definition) is 3. The van der Waals surface area contributed by atoms with Crippen LogP contribution in [0.3, 0.4) is 0 Å². The number of nitrogens with one attached hydrogen (secondary N) is 3. The molecule has 2 amide bonds. The molecule has 2 atom stereocenters. The topological polar surface area (TPSA) is 122 Å².